The molecule has 0 unspecified atom stereocenters. The summed E-state index contributed by atoms with van der Waals surface area (Å²) in [6.07, 6.45) is 9.12. The summed E-state index contributed by atoms with van der Waals surface area (Å²) in [6, 6.07) is 13.6. The van der Waals surface area contributed by atoms with Crippen LogP contribution in [0.5, 0.6) is 17.2 Å². The number of benzene rings is 2. The number of carbonyl (C=O) groups is 2. The Labute approximate surface area is 306 Å². The molecule has 2 aromatic carbocycles. The maximum atomic E-state index is 13.0. The molecule has 272 valence electrons. The Morgan fingerprint density at radius 3 is 2.71 bits per heavy atom. The van der Waals surface area contributed by atoms with Gasteiger partial charge in [-0.1, -0.05) is 31.5 Å². The molecule has 0 saturated heterocycles. The maximum Gasteiger partial charge on any atom is 0.329 e. The van der Waals surface area contributed by atoms with Crippen molar-refractivity contribution < 1.29 is 28.9 Å². The first-order valence-electron chi connectivity index (χ1n) is 18.5. The van der Waals surface area contributed by atoms with Crippen molar-refractivity contribution in [3.8, 4) is 17.2 Å². The molecule has 1 saturated carbocycles. The Morgan fingerprint density at radius 1 is 1.16 bits per heavy atom. The molecule has 1 aliphatic heterocycles. The molecule has 1 spiro atoms. The molecule has 51 heavy (non-hydrogen) atoms. The Morgan fingerprint density at radius 2 is 1.96 bits per heavy atom. The van der Waals surface area contributed by atoms with Gasteiger partial charge in [-0.15, -0.1) is 0 Å². The SMILES string of the molecule is CC(=O)N(C)C[C@@H]1COc2cc3c(cc2O1)C1(CCC(Nc2cccc(Cl)c2)(C(=O)O)CC1)[C@@H](C[C@@H](C)COc1ccnc2c1[C@H](C)CCC2)C3. The van der Waals surface area contributed by atoms with Gasteiger partial charge in [0.1, 0.15) is 17.9 Å². The van der Waals surface area contributed by atoms with Crippen LogP contribution in [0.3, 0.4) is 0 Å². The van der Waals surface area contributed by atoms with Gasteiger partial charge in [-0.25, -0.2) is 4.79 Å². The van der Waals surface area contributed by atoms with Crippen LogP contribution in [-0.2, 0) is 27.8 Å². The second kappa shape index (κ2) is 14.2. The van der Waals surface area contributed by atoms with Gasteiger partial charge in [0, 0.05) is 42.1 Å². The molecule has 3 aliphatic carbocycles. The average molecular weight is 716 g/mol. The predicted octanol–water partition coefficient (Wildman–Crippen LogP) is 7.82. The summed E-state index contributed by atoms with van der Waals surface area (Å²) in [5.41, 5.74) is 4.30. The van der Waals surface area contributed by atoms with Gasteiger partial charge in [-0.2, -0.15) is 0 Å². The second-order valence-corrected chi connectivity index (χ2v) is 16.0. The van der Waals surface area contributed by atoms with Gasteiger partial charge in [-0.05, 0) is 128 Å². The third-order valence-electron chi connectivity index (χ3n) is 12.1. The number of rotatable bonds is 10. The summed E-state index contributed by atoms with van der Waals surface area (Å²) >= 11 is 6.29. The molecule has 1 aromatic heterocycles. The molecule has 2 heterocycles. The number of hydrogen-bond acceptors (Lipinski definition) is 7. The number of aromatic nitrogens is 1. The molecule has 0 bridgehead atoms. The monoisotopic (exact) mass is 715 g/mol. The lowest BCUT2D eigenvalue weighted by Crippen LogP contribution is -2.53. The van der Waals surface area contributed by atoms with E-state index >= 15 is 0 Å². The third kappa shape index (κ3) is 6.98. The minimum absolute atomic E-state index is 0.0212. The van der Waals surface area contributed by atoms with E-state index in [1.807, 2.05) is 24.4 Å². The van der Waals surface area contributed by atoms with Crippen LogP contribution in [0.15, 0.2) is 48.7 Å². The quantitative estimate of drug-likeness (QED) is 0.219. The highest BCUT2D eigenvalue weighted by Crippen LogP contribution is 2.58. The summed E-state index contributed by atoms with van der Waals surface area (Å²) < 4.78 is 19.3. The van der Waals surface area contributed by atoms with Gasteiger partial charge in [0.25, 0.3) is 0 Å². The van der Waals surface area contributed by atoms with Crippen molar-refractivity contribution in [1.29, 1.82) is 0 Å². The second-order valence-electron chi connectivity index (χ2n) is 15.6. The number of fused-ring (bicyclic) bond motifs is 4. The summed E-state index contributed by atoms with van der Waals surface area (Å²) in [4.78, 5) is 31.3. The molecule has 1 fully saturated rings. The molecule has 3 aromatic rings. The van der Waals surface area contributed by atoms with E-state index in [1.165, 1.54) is 28.8 Å². The summed E-state index contributed by atoms with van der Waals surface area (Å²) in [5.74, 6) is 2.53. The number of nitrogens with zero attached hydrogens (tertiary/aromatic N) is 2. The number of hydrogen-bond donors (Lipinski definition) is 2. The van der Waals surface area contributed by atoms with Gasteiger partial charge in [0.05, 0.1) is 13.2 Å². The van der Waals surface area contributed by atoms with Crippen molar-refractivity contribution in [2.45, 2.75) is 102 Å². The zero-order valence-electron chi connectivity index (χ0n) is 30.2. The minimum Gasteiger partial charge on any atom is -0.493 e. The topological polar surface area (TPSA) is 110 Å². The lowest BCUT2D eigenvalue weighted by molar-refractivity contribution is -0.144. The van der Waals surface area contributed by atoms with E-state index < -0.39 is 11.5 Å². The smallest absolute Gasteiger partial charge is 0.329 e. The number of aliphatic carboxylic acids is 1. The van der Waals surface area contributed by atoms with Crippen LogP contribution in [0.1, 0.15) is 94.0 Å². The van der Waals surface area contributed by atoms with Crippen LogP contribution >= 0.6 is 11.6 Å². The molecule has 4 atom stereocenters. The number of carboxylic acids is 1. The molecule has 9 nitrogen and oxygen atoms in total. The van der Waals surface area contributed by atoms with Crippen LogP contribution in [0.25, 0.3) is 0 Å². The van der Waals surface area contributed by atoms with Crippen molar-refractivity contribution in [3.63, 3.8) is 0 Å². The highest BCUT2D eigenvalue weighted by Gasteiger charge is 2.54. The first-order chi connectivity index (χ1) is 24.5. The first-order valence-corrected chi connectivity index (χ1v) is 18.9. The van der Waals surface area contributed by atoms with E-state index in [2.05, 4.69) is 36.3 Å². The van der Waals surface area contributed by atoms with E-state index in [9.17, 15) is 14.7 Å². The highest BCUT2D eigenvalue weighted by molar-refractivity contribution is 6.30. The fraction of sp³-hybridized carbons (Fsp3) is 0.537. The van der Waals surface area contributed by atoms with Crippen LogP contribution in [0.2, 0.25) is 5.02 Å². The van der Waals surface area contributed by atoms with Crippen molar-refractivity contribution in [2.75, 3.05) is 32.1 Å². The Balaban J connectivity index is 1.15. The molecule has 7 rings (SSSR count). The maximum absolute atomic E-state index is 13.0. The van der Waals surface area contributed by atoms with Crippen LogP contribution in [-0.4, -0.2) is 65.3 Å². The third-order valence-corrected chi connectivity index (χ3v) is 12.3. The van der Waals surface area contributed by atoms with Crippen molar-refractivity contribution in [3.05, 3.63) is 76.1 Å². The number of aryl methyl sites for hydroxylation is 1. The molecular weight excluding hydrogens is 666 g/mol. The number of amides is 1. The molecule has 2 N–H and O–H groups in total. The largest absolute Gasteiger partial charge is 0.493 e. The van der Waals surface area contributed by atoms with E-state index in [0.717, 1.165) is 37.2 Å². The molecule has 0 radical (unpaired) electrons. The van der Waals surface area contributed by atoms with Crippen LogP contribution in [0, 0.1) is 11.8 Å². The van der Waals surface area contributed by atoms with Gasteiger partial charge in [-0.3, -0.25) is 9.78 Å². The fourth-order valence-electron chi connectivity index (χ4n) is 9.24. The molecular formula is C41H50ClN3O6. The standard InChI is InChI=1S/C41H50ClN3O6/c1-25(23-49-35-11-16-43-34-10-5-7-26(2)38(34)35)17-29-18-28-19-36-37(51-32(24-50-36)22-45(4)27(3)46)21-33(28)40(29)12-14-41(15-13-40,39(47)48)44-31-9-6-8-30(42)20-31/h6,8-9,11,16,19-21,25-26,29,32,44H,5,7,10,12-15,17-18,22-24H2,1-4H3,(H,47,48)/t25-,26-,29+,32-,40?,41?/m1/s1. The fourth-order valence-corrected chi connectivity index (χ4v) is 9.43. The normalized spacial score (nSPS) is 26.9. The van der Waals surface area contributed by atoms with Crippen molar-refractivity contribution >= 4 is 29.2 Å². The molecule has 10 heteroatoms. The van der Waals surface area contributed by atoms with Crippen LogP contribution < -0.4 is 19.5 Å². The number of carboxylic acid groups (broad SMARTS) is 1. The lowest BCUT2D eigenvalue weighted by Gasteiger charge is -2.47. The van der Waals surface area contributed by atoms with E-state index in [1.54, 1.807) is 31.0 Å². The van der Waals surface area contributed by atoms with Gasteiger partial charge < -0.3 is 29.5 Å². The zero-order valence-corrected chi connectivity index (χ0v) is 30.9. The van der Waals surface area contributed by atoms with Crippen molar-refractivity contribution in [2.24, 2.45) is 11.8 Å². The number of anilines is 1. The summed E-state index contributed by atoms with van der Waals surface area (Å²) in [5, 5.41) is 14.6. The first kappa shape index (κ1) is 35.4. The van der Waals surface area contributed by atoms with E-state index in [0.29, 0.717) is 67.8 Å². The Bertz CT molecular complexity index is 1790. The van der Waals surface area contributed by atoms with Gasteiger partial charge >= 0.3 is 5.97 Å². The van der Waals surface area contributed by atoms with Crippen molar-refractivity contribution in [1.82, 2.24) is 9.88 Å². The molecule has 4 aliphatic rings. The average Bonchev–Trinajstić information content (AvgIpc) is 3.38. The summed E-state index contributed by atoms with van der Waals surface area (Å²) in [7, 11) is 1.77. The Kier molecular flexibility index (Phi) is 9.87. The summed E-state index contributed by atoms with van der Waals surface area (Å²) in [6.45, 7) is 7.51. The number of ether oxygens (including phenoxy) is 3. The minimum atomic E-state index is -1.11. The van der Waals surface area contributed by atoms with Gasteiger partial charge in [0.15, 0.2) is 17.6 Å². The number of halogens is 1. The highest BCUT2D eigenvalue weighted by atomic mass is 35.5. The molecule has 1 amide bonds. The number of carbonyl (C=O) groups excluding carboxylic acids is 1. The van der Waals surface area contributed by atoms with Crippen LogP contribution in [0.4, 0.5) is 5.69 Å². The Hall–Kier alpha value is -3.98. The van der Waals surface area contributed by atoms with Gasteiger partial charge in [0.2, 0.25) is 5.91 Å². The lowest BCUT2D eigenvalue weighted by atomic mass is 9.59. The number of nitrogens with one attached hydrogen (secondary N) is 1. The zero-order chi connectivity index (χ0) is 35.9. The van der Waals surface area contributed by atoms with E-state index in [-0.39, 0.29) is 29.3 Å². The number of likely N-dealkylation sites (N-methyl/N-ethyl adjacent to an activating group) is 1. The predicted molar refractivity (Wildman–Crippen MR) is 197 cm³/mol. The number of pyridine rings is 1. The van der Waals surface area contributed by atoms with E-state index in [4.69, 9.17) is 25.8 Å².